The van der Waals surface area contributed by atoms with Crippen LogP contribution in [0.3, 0.4) is 0 Å². The van der Waals surface area contributed by atoms with E-state index in [-0.39, 0.29) is 24.0 Å². The normalized spacial score (nSPS) is 24.9. The van der Waals surface area contributed by atoms with E-state index in [2.05, 4.69) is 34.4 Å². The molecule has 0 aromatic carbocycles. The molecular weight excluding hydrogens is 387 g/mol. The van der Waals surface area contributed by atoms with Gasteiger partial charge in [-0.2, -0.15) is 0 Å². The van der Waals surface area contributed by atoms with Crippen molar-refractivity contribution < 1.29 is 0 Å². The molecule has 1 aliphatic carbocycles. The SMILES string of the molecule is CN=C(NCC1CCCN(C(C)C)C1)NC1CCCCC1.I. The minimum Gasteiger partial charge on any atom is -0.356 e. The molecule has 5 heteroatoms. The van der Waals surface area contributed by atoms with E-state index >= 15 is 0 Å². The molecule has 0 amide bonds. The van der Waals surface area contributed by atoms with E-state index in [4.69, 9.17) is 0 Å². The van der Waals surface area contributed by atoms with Crippen molar-refractivity contribution in [3.8, 4) is 0 Å². The zero-order valence-electron chi connectivity index (χ0n) is 14.6. The Bertz CT molecular complexity index is 327. The zero-order valence-corrected chi connectivity index (χ0v) is 16.9. The maximum Gasteiger partial charge on any atom is 0.191 e. The first-order chi connectivity index (χ1) is 10.2. The van der Waals surface area contributed by atoms with Gasteiger partial charge < -0.3 is 15.5 Å². The third-order valence-electron chi connectivity index (χ3n) is 5.01. The average Bonchev–Trinajstić information content (AvgIpc) is 2.52. The van der Waals surface area contributed by atoms with Gasteiger partial charge in [-0.1, -0.05) is 19.3 Å². The third kappa shape index (κ3) is 6.60. The number of aliphatic imine (C=N–C) groups is 1. The monoisotopic (exact) mass is 422 g/mol. The molecule has 4 nitrogen and oxygen atoms in total. The van der Waals surface area contributed by atoms with E-state index in [1.54, 1.807) is 0 Å². The summed E-state index contributed by atoms with van der Waals surface area (Å²) in [5.41, 5.74) is 0. The van der Waals surface area contributed by atoms with Gasteiger partial charge >= 0.3 is 0 Å². The van der Waals surface area contributed by atoms with Gasteiger partial charge in [-0.15, -0.1) is 24.0 Å². The van der Waals surface area contributed by atoms with Gasteiger partial charge in [0.1, 0.15) is 0 Å². The van der Waals surface area contributed by atoms with Crippen LogP contribution < -0.4 is 10.6 Å². The molecule has 0 aromatic rings. The minimum atomic E-state index is 0. The van der Waals surface area contributed by atoms with Crippen LogP contribution in [0.15, 0.2) is 4.99 Å². The van der Waals surface area contributed by atoms with Crippen molar-refractivity contribution in [2.45, 2.75) is 70.9 Å². The van der Waals surface area contributed by atoms with Crippen LogP contribution in [-0.4, -0.2) is 49.6 Å². The number of hydrogen-bond acceptors (Lipinski definition) is 2. The Kier molecular flexibility index (Phi) is 9.71. The van der Waals surface area contributed by atoms with Crippen LogP contribution in [0.25, 0.3) is 0 Å². The summed E-state index contributed by atoms with van der Waals surface area (Å²) in [6, 6.07) is 1.30. The van der Waals surface area contributed by atoms with Gasteiger partial charge in [0.2, 0.25) is 0 Å². The maximum atomic E-state index is 4.40. The molecule has 1 aliphatic heterocycles. The first-order valence-electron chi connectivity index (χ1n) is 8.90. The largest absolute Gasteiger partial charge is 0.356 e. The predicted molar refractivity (Wildman–Crippen MR) is 106 cm³/mol. The molecule has 0 spiro atoms. The molecule has 1 atom stereocenters. The average molecular weight is 422 g/mol. The van der Waals surface area contributed by atoms with Crippen LogP contribution in [0.4, 0.5) is 0 Å². The molecule has 0 bridgehead atoms. The number of rotatable bonds is 4. The number of halogens is 1. The van der Waals surface area contributed by atoms with Crippen molar-refractivity contribution >= 4 is 29.9 Å². The molecule has 0 aromatic heterocycles. The molecule has 2 N–H and O–H groups in total. The molecule has 22 heavy (non-hydrogen) atoms. The standard InChI is InChI=1S/C17H34N4.HI/c1-14(2)21-11-7-8-15(13-21)12-19-17(18-3)20-16-9-5-4-6-10-16;/h14-16H,4-13H2,1-3H3,(H2,18,19,20);1H. The van der Waals surface area contributed by atoms with Crippen LogP contribution in [-0.2, 0) is 0 Å². The Morgan fingerprint density at radius 2 is 1.86 bits per heavy atom. The number of likely N-dealkylation sites (tertiary alicyclic amines) is 1. The zero-order chi connectivity index (χ0) is 15.1. The number of piperidine rings is 1. The van der Waals surface area contributed by atoms with E-state index < -0.39 is 0 Å². The smallest absolute Gasteiger partial charge is 0.191 e. The Morgan fingerprint density at radius 3 is 2.50 bits per heavy atom. The number of nitrogens with zero attached hydrogens (tertiary/aromatic N) is 2. The first-order valence-corrected chi connectivity index (χ1v) is 8.90. The molecule has 2 fully saturated rings. The van der Waals surface area contributed by atoms with Crippen LogP contribution >= 0.6 is 24.0 Å². The lowest BCUT2D eigenvalue weighted by atomic mass is 9.95. The van der Waals surface area contributed by atoms with E-state index in [1.807, 2.05) is 7.05 Å². The highest BCUT2D eigenvalue weighted by molar-refractivity contribution is 14.0. The van der Waals surface area contributed by atoms with Crippen LogP contribution in [0.1, 0.15) is 58.8 Å². The van der Waals surface area contributed by atoms with Crippen LogP contribution in [0.2, 0.25) is 0 Å². The fraction of sp³-hybridized carbons (Fsp3) is 0.941. The second-order valence-electron chi connectivity index (χ2n) is 7.03. The van der Waals surface area contributed by atoms with Crippen molar-refractivity contribution in [2.24, 2.45) is 10.9 Å². The molecule has 2 aliphatic rings. The van der Waals surface area contributed by atoms with Crippen molar-refractivity contribution in [1.29, 1.82) is 0 Å². The summed E-state index contributed by atoms with van der Waals surface area (Å²) in [4.78, 5) is 7.01. The molecule has 130 valence electrons. The second kappa shape index (κ2) is 10.7. The quantitative estimate of drug-likeness (QED) is 0.415. The van der Waals surface area contributed by atoms with Gasteiger partial charge in [0.05, 0.1) is 0 Å². The molecule has 1 saturated carbocycles. The van der Waals surface area contributed by atoms with E-state index in [1.165, 1.54) is 58.0 Å². The van der Waals surface area contributed by atoms with Gasteiger partial charge in [0.15, 0.2) is 5.96 Å². The number of guanidine groups is 1. The number of nitrogens with one attached hydrogen (secondary N) is 2. The topological polar surface area (TPSA) is 39.7 Å². The fourth-order valence-electron chi connectivity index (χ4n) is 3.61. The molecular formula is C17H35IN4. The Labute approximate surface area is 153 Å². The van der Waals surface area contributed by atoms with E-state index in [0.717, 1.165) is 18.4 Å². The van der Waals surface area contributed by atoms with E-state index in [9.17, 15) is 0 Å². The lowest BCUT2D eigenvalue weighted by Gasteiger charge is -2.35. The van der Waals surface area contributed by atoms with Crippen molar-refractivity contribution in [3.63, 3.8) is 0 Å². The highest BCUT2D eigenvalue weighted by Gasteiger charge is 2.22. The highest BCUT2D eigenvalue weighted by Crippen LogP contribution is 2.18. The lowest BCUT2D eigenvalue weighted by molar-refractivity contribution is 0.141. The lowest BCUT2D eigenvalue weighted by Crippen LogP contribution is -2.48. The summed E-state index contributed by atoms with van der Waals surface area (Å²) >= 11 is 0. The molecule has 1 unspecified atom stereocenters. The maximum absolute atomic E-state index is 4.40. The first kappa shape index (κ1) is 20.0. The summed E-state index contributed by atoms with van der Waals surface area (Å²) in [7, 11) is 1.89. The van der Waals surface area contributed by atoms with E-state index in [0.29, 0.717) is 12.1 Å². The number of hydrogen-bond donors (Lipinski definition) is 2. The fourth-order valence-corrected chi connectivity index (χ4v) is 3.61. The van der Waals surface area contributed by atoms with Crippen molar-refractivity contribution in [3.05, 3.63) is 0 Å². The summed E-state index contributed by atoms with van der Waals surface area (Å²) in [5.74, 6) is 1.76. The van der Waals surface area contributed by atoms with Crippen molar-refractivity contribution in [1.82, 2.24) is 15.5 Å². The van der Waals surface area contributed by atoms with Gasteiger partial charge in [-0.3, -0.25) is 4.99 Å². The highest BCUT2D eigenvalue weighted by atomic mass is 127. The van der Waals surface area contributed by atoms with Crippen LogP contribution in [0, 0.1) is 5.92 Å². The molecule has 0 radical (unpaired) electrons. The summed E-state index contributed by atoms with van der Waals surface area (Å²) < 4.78 is 0. The summed E-state index contributed by atoms with van der Waals surface area (Å²) in [5, 5.41) is 7.16. The van der Waals surface area contributed by atoms with Gasteiger partial charge in [0.25, 0.3) is 0 Å². The molecule has 1 heterocycles. The van der Waals surface area contributed by atoms with Gasteiger partial charge in [-0.25, -0.2) is 0 Å². The van der Waals surface area contributed by atoms with Gasteiger partial charge in [0, 0.05) is 32.2 Å². The molecule has 1 saturated heterocycles. The minimum absolute atomic E-state index is 0. The summed E-state index contributed by atoms with van der Waals surface area (Å²) in [6.45, 7) is 8.16. The van der Waals surface area contributed by atoms with Crippen LogP contribution in [0.5, 0.6) is 0 Å². The van der Waals surface area contributed by atoms with Crippen molar-refractivity contribution in [2.75, 3.05) is 26.7 Å². The summed E-state index contributed by atoms with van der Waals surface area (Å²) in [6.07, 6.45) is 9.39. The predicted octanol–water partition coefficient (Wildman–Crippen LogP) is 3.22. The van der Waals surface area contributed by atoms with Gasteiger partial charge in [-0.05, 0) is 52.0 Å². The Hall–Kier alpha value is -0.0400. The second-order valence-corrected chi connectivity index (χ2v) is 7.03. The molecule has 2 rings (SSSR count). The Balaban J connectivity index is 0.00000242. The third-order valence-corrected chi connectivity index (χ3v) is 5.01. The Morgan fingerprint density at radius 1 is 1.14 bits per heavy atom.